The molecule has 0 unspecified atom stereocenters. The van der Waals surface area contributed by atoms with Gasteiger partial charge in [0, 0.05) is 48.6 Å². The van der Waals surface area contributed by atoms with Gasteiger partial charge in [0.05, 0.1) is 6.10 Å². The molecule has 236 valence electrons. The first kappa shape index (κ1) is 32.2. The highest BCUT2D eigenvalue weighted by atomic mass is 16.6. The van der Waals surface area contributed by atoms with Crippen LogP contribution in [0.2, 0.25) is 0 Å². The summed E-state index contributed by atoms with van der Waals surface area (Å²) in [4.78, 5) is 39.0. The van der Waals surface area contributed by atoms with E-state index in [4.69, 9.17) is 18.8 Å². The lowest BCUT2D eigenvalue weighted by atomic mass is 9.70. The van der Waals surface area contributed by atoms with Crippen LogP contribution >= 0.6 is 0 Å². The lowest BCUT2D eigenvalue weighted by Gasteiger charge is -2.42. The van der Waals surface area contributed by atoms with Crippen LogP contribution in [0.1, 0.15) is 44.4 Å². The highest BCUT2D eigenvalue weighted by Gasteiger charge is 2.50. The molecule has 0 amide bonds. The Morgan fingerprint density at radius 3 is 1.72 bits per heavy atom. The number of carbonyl (C=O) groups is 3. The van der Waals surface area contributed by atoms with Crippen molar-refractivity contribution in [2.45, 2.75) is 45.3 Å². The SMILES string of the molecule is CC(=O)Oc1c2c(c(OC(C)=O)c3cc4ccccc4cc13)[C@@H](OB(O)c1ccccc1)C[C@](OB(O)c1ccccc1)(C(C)=O)C2. The molecule has 1 aliphatic carbocycles. The van der Waals surface area contributed by atoms with Crippen molar-refractivity contribution < 1.29 is 43.2 Å². The monoisotopic (exact) mass is 630 g/mol. The minimum absolute atomic E-state index is 0.134. The van der Waals surface area contributed by atoms with Crippen molar-refractivity contribution >= 4 is 64.4 Å². The van der Waals surface area contributed by atoms with Gasteiger partial charge in [0.25, 0.3) is 0 Å². The molecule has 11 heteroatoms. The summed E-state index contributed by atoms with van der Waals surface area (Å²) in [6.45, 7) is 3.89. The molecule has 0 fully saturated rings. The van der Waals surface area contributed by atoms with Crippen LogP contribution in [0, 0.1) is 0 Å². The van der Waals surface area contributed by atoms with E-state index >= 15 is 0 Å². The van der Waals surface area contributed by atoms with Crippen LogP contribution in [-0.4, -0.2) is 47.6 Å². The van der Waals surface area contributed by atoms with E-state index in [9.17, 15) is 24.4 Å². The highest BCUT2D eigenvalue weighted by molar-refractivity contribution is 6.60. The number of hydrogen-bond acceptors (Lipinski definition) is 9. The molecule has 2 atom stereocenters. The first-order valence-electron chi connectivity index (χ1n) is 15.2. The number of fused-ring (bicyclic) bond motifs is 3. The van der Waals surface area contributed by atoms with Gasteiger partial charge in [-0.25, -0.2) is 0 Å². The molecule has 0 bridgehead atoms. The van der Waals surface area contributed by atoms with Crippen LogP contribution in [0.15, 0.2) is 97.1 Å². The molecule has 0 spiro atoms. The second-order valence-electron chi connectivity index (χ2n) is 11.7. The Morgan fingerprint density at radius 2 is 1.19 bits per heavy atom. The molecule has 1 aliphatic rings. The van der Waals surface area contributed by atoms with Gasteiger partial charge in [0.15, 0.2) is 5.78 Å². The summed E-state index contributed by atoms with van der Waals surface area (Å²) in [6.07, 6.45) is -1.47. The largest absolute Gasteiger partial charge is 0.491 e. The van der Waals surface area contributed by atoms with Crippen LogP contribution in [0.3, 0.4) is 0 Å². The Bertz CT molecular complexity index is 1980. The number of hydrogen-bond donors (Lipinski definition) is 2. The normalized spacial score (nSPS) is 17.2. The van der Waals surface area contributed by atoms with Crippen LogP contribution in [0.25, 0.3) is 21.5 Å². The lowest BCUT2D eigenvalue weighted by molar-refractivity contribution is -0.138. The first-order valence-corrected chi connectivity index (χ1v) is 15.2. The van der Waals surface area contributed by atoms with E-state index in [0.717, 1.165) is 10.8 Å². The third-order valence-electron chi connectivity index (χ3n) is 8.45. The number of ketones is 1. The molecule has 5 aromatic rings. The quantitative estimate of drug-likeness (QED) is 0.108. The Kier molecular flexibility index (Phi) is 8.98. The molecule has 2 N–H and O–H groups in total. The van der Waals surface area contributed by atoms with Gasteiger partial charge in [-0.05, 0) is 40.8 Å². The average Bonchev–Trinajstić information content (AvgIpc) is 3.05. The van der Waals surface area contributed by atoms with E-state index in [0.29, 0.717) is 32.8 Å². The molecule has 47 heavy (non-hydrogen) atoms. The van der Waals surface area contributed by atoms with E-state index in [1.807, 2.05) is 36.4 Å². The number of ether oxygens (including phenoxy) is 2. The summed E-state index contributed by atoms with van der Waals surface area (Å²) in [7, 11) is -2.97. The van der Waals surface area contributed by atoms with E-state index in [-0.39, 0.29) is 24.3 Å². The van der Waals surface area contributed by atoms with Crippen molar-refractivity contribution in [3.05, 3.63) is 108 Å². The maximum Gasteiger partial charge on any atom is 0.491 e. The fraction of sp³-hybridized carbons (Fsp3) is 0.194. The minimum Gasteiger partial charge on any atom is -0.426 e. The molecular weight excluding hydrogens is 598 g/mol. The Labute approximate surface area is 272 Å². The van der Waals surface area contributed by atoms with Crippen molar-refractivity contribution in [3.8, 4) is 11.5 Å². The third-order valence-corrected chi connectivity index (χ3v) is 8.45. The molecule has 5 aromatic carbocycles. The van der Waals surface area contributed by atoms with Gasteiger partial charge in [-0.2, -0.15) is 0 Å². The number of carbonyl (C=O) groups excluding carboxylic acids is 3. The van der Waals surface area contributed by atoms with Gasteiger partial charge in [-0.15, -0.1) is 0 Å². The zero-order valence-corrected chi connectivity index (χ0v) is 26.1. The van der Waals surface area contributed by atoms with Crippen LogP contribution in [0.5, 0.6) is 11.5 Å². The summed E-state index contributed by atoms with van der Waals surface area (Å²) in [5, 5.41) is 25.2. The summed E-state index contributed by atoms with van der Waals surface area (Å²) >= 11 is 0. The topological polar surface area (TPSA) is 129 Å². The van der Waals surface area contributed by atoms with Crippen molar-refractivity contribution in [1.29, 1.82) is 0 Å². The predicted molar refractivity (Wildman–Crippen MR) is 179 cm³/mol. The Balaban J connectivity index is 1.64. The van der Waals surface area contributed by atoms with Crippen molar-refractivity contribution in [1.82, 2.24) is 0 Å². The molecule has 0 radical (unpaired) electrons. The molecule has 6 rings (SSSR count). The number of Topliss-reactive ketones (excluding diaryl/α,β-unsaturated/α-hetero) is 1. The fourth-order valence-electron chi connectivity index (χ4n) is 6.28. The van der Waals surface area contributed by atoms with Crippen LogP contribution < -0.4 is 20.4 Å². The standard InChI is InChI=1S/C36H32B2O9/c1-22(39)36(47-38(43)28-16-8-5-9-17-28)20-31-33(32(21-36)46-37(42)27-14-6-4-7-15-27)35(45-24(3)41)30-19-26-13-11-10-12-25(26)18-29(30)34(31)44-23(2)40/h4-19,32,42-43H,20-21H2,1-3H3/t32-,36-/m0/s1. The predicted octanol–water partition coefficient (Wildman–Crippen LogP) is 3.97. The summed E-state index contributed by atoms with van der Waals surface area (Å²) in [5.41, 5.74) is -0.211. The highest BCUT2D eigenvalue weighted by Crippen LogP contribution is 2.53. The van der Waals surface area contributed by atoms with Crippen molar-refractivity contribution in [3.63, 3.8) is 0 Å². The van der Waals surface area contributed by atoms with Crippen molar-refractivity contribution in [2.24, 2.45) is 0 Å². The smallest absolute Gasteiger partial charge is 0.426 e. The van der Waals surface area contributed by atoms with Crippen molar-refractivity contribution in [2.75, 3.05) is 0 Å². The van der Waals surface area contributed by atoms with Gasteiger partial charge in [-0.1, -0.05) is 84.9 Å². The van der Waals surface area contributed by atoms with E-state index in [1.165, 1.54) is 20.8 Å². The van der Waals surface area contributed by atoms with E-state index in [2.05, 4.69) is 0 Å². The molecule has 0 heterocycles. The third kappa shape index (κ3) is 6.43. The Morgan fingerprint density at radius 1 is 0.702 bits per heavy atom. The Hall–Kier alpha value is -4.80. The lowest BCUT2D eigenvalue weighted by Crippen LogP contribution is -2.54. The van der Waals surface area contributed by atoms with E-state index < -0.39 is 43.7 Å². The number of benzene rings is 5. The maximum atomic E-state index is 13.7. The molecule has 9 nitrogen and oxygen atoms in total. The summed E-state index contributed by atoms with van der Waals surface area (Å²) in [5.74, 6) is -1.37. The summed E-state index contributed by atoms with van der Waals surface area (Å²) in [6, 6.07) is 28.5. The second-order valence-corrected chi connectivity index (χ2v) is 11.7. The fourth-order valence-corrected chi connectivity index (χ4v) is 6.28. The van der Waals surface area contributed by atoms with Gasteiger partial charge >= 0.3 is 26.2 Å². The van der Waals surface area contributed by atoms with Gasteiger partial charge in [-0.3, -0.25) is 14.4 Å². The molecular formula is C36H32B2O9. The maximum absolute atomic E-state index is 13.7. The van der Waals surface area contributed by atoms with Gasteiger partial charge in [0.1, 0.15) is 17.1 Å². The van der Waals surface area contributed by atoms with Gasteiger partial charge in [0.2, 0.25) is 0 Å². The van der Waals surface area contributed by atoms with E-state index in [1.54, 1.807) is 60.7 Å². The zero-order chi connectivity index (χ0) is 33.3. The first-order chi connectivity index (χ1) is 22.6. The van der Waals surface area contributed by atoms with Crippen LogP contribution in [0.4, 0.5) is 0 Å². The average molecular weight is 630 g/mol. The number of rotatable bonds is 9. The zero-order valence-electron chi connectivity index (χ0n) is 26.1. The minimum atomic E-state index is -1.71. The molecule has 0 aromatic heterocycles. The molecule has 0 aliphatic heterocycles. The van der Waals surface area contributed by atoms with Crippen LogP contribution in [-0.2, 0) is 30.1 Å². The number of esters is 2. The second kappa shape index (κ2) is 13.1. The summed E-state index contributed by atoms with van der Waals surface area (Å²) < 4.78 is 24.4. The molecule has 0 saturated carbocycles. The van der Waals surface area contributed by atoms with Gasteiger partial charge < -0.3 is 28.8 Å². The molecule has 0 saturated heterocycles.